The quantitative estimate of drug-likeness (QED) is 0.727. The first-order chi connectivity index (χ1) is 13.0. The summed E-state index contributed by atoms with van der Waals surface area (Å²) in [4.78, 5) is 16.1. The second kappa shape index (κ2) is 7.20. The van der Waals surface area contributed by atoms with Gasteiger partial charge in [0.1, 0.15) is 12.1 Å². The number of fused-ring (bicyclic) bond motifs is 1. The predicted molar refractivity (Wildman–Crippen MR) is 110 cm³/mol. The molecule has 0 radical (unpaired) electrons. The molecule has 1 N–H and O–H groups in total. The molecule has 4 nitrogen and oxygen atoms in total. The molecule has 1 aromatic heterocycles. The molecule has 1 fully saturated rings. The van der Waals surface area contributed by atoms with Crippen LogP contribution < -0.4 is 15.4 Å². The average Bonchev–Trinajstić information content (AvgIpc) is 2.66. The van der Waals surface area contributed by atoms with Crippen LogP contribution in [0.15, 0.2) is 51.7 Å². The van der Waals surface area contributed by atoms with Crippen molar-refractivity contribution < 1.29 is 9.32 Å². The first-order valence-corrected chi connectivity index (χ1v) is 9.70. The van der Waals surface area contributed by atoms with E-state index in [2.05, 4.69) is 55.1 Å². The zero-order valence-corrected chi connectivity index (χ0v) is 16.3. The topological polar surface area (TPSA) is 37.9 Å². The Morgan fingerprint density at radius 3 is 2.48 bits per heavy atom. The maximum atomic E-state index is 12.1. The zero-order valence-electron chi connectivity index (χ0n) is 16.3. The van der Waals surface area contributed by atoms with E-state index in [1.54, 1.807) is 6.07 Å². The normalized spacial score (nSPS) is 15.4. The molecule has 1 aliphatic rings. The Labute approximate surface area is 160 Å². The van der Waals surface area contributed by atoms with Gasteiger partial charge in [0.05, 0.1) is 26.2 Å². The van der Waals surface area contributed by atoms with Gasteiger partial charge in [-0.2, -0.15) is 0 Å². The summed E-state index contributed by atoms with van der Waals surface area (Å²) >= 11 is 0. The van der Waals surface area contributed by atoms with Gasteiger partial charge >= 0.3 is 5.63 Å². The molecule has 2 heterocycles. The lowest BCUT2D eigenvalue weighted by atomic mass is 10.0. The lowest BCUT2D eigenvalue weighted by Gasteiger charge is -2.34. The molecule has 1 aliphatic heterocycles. The van der Waals surface area contributed by atoms with Crippen LogP contribution >= 0.6 is 0 Å². The molecule has 0 amide bonds. The van der Waals surface area contributed by atoms with E-state index in [0.29, 0.717) is 0 Å². The molecule has 2 aromatic carbocycles. The van der Waals surface area contributed by atoms with Crippen molar-refractivity contribution in [2.24, 2.45) is 0 Å². The third kappa shape index (κ3) is 3.50. The van der Waals surface area contributed by atoms with Gasteiger partial charge in [0.2, 0.25) is 0 Å². The predicted octanol–water partition coefficient (Wildman–Crippen LogP) is 2.62. The molecule has 140 valence electrons. The number of para-hydroxylation sites is 1. The summed E-state index contributed by atoms with van der Waals surface area (Å²) in [5.74, 6) is 0. The van der Waals surface area contributed by atoms with E-state index < -0.39 is 0 Å². The number of nitrogens with zero attached hydrogens (tertiary/aromatic N) is 1. The molecule has 0 aliphatic carbocycles. The summed E-state index contributed by atoms with van der Waals surface area (Å²) in [5, 5.41) is 1.08. The number of benzene rings is 2. The molecule has 3 aromatic rings. The van der Waals surface area contributed by atoms with Crippen LogP contribution in [-0.4, -0.2) is 26.2 Å². The van der Waals surface area contributed by atoms with Crippen LogP contribution in [0.5, 0.6) is 0 Å². The van der Waals surface area contributed by atoms with Gasteiger partial charge in [0, 0.05) is 22.7 Å². The highest BCUT2D eigenvalue weighted by atomic mass is 16.4. The Kier molecular flexibility index (Phi) is 4.75. The maximum absolute atomic E-state index is 12.1. The van der Waals surface area contributed by atoms with Gasteiger partial charge < -0.3 is 14.2 Å². The molecule has 4 heteroatoms. The van der Waals surface area contributed by atoms with E-state index in [1.807, 2.05) is 6.92 Å². The highest BCUT2D eigenvalue weighted by Gasteiger charge is 2.22. The summed E-state index contributed by atoms with van der Waals surface area (Å²) in [7, 11) is 0. The molecule has 1 saturated heterocycles. The van der Waals surface area contributed by atoms with Crippen molar-refractivity contribution in [2.45, 2.75) is 27.3 Å². The van der Waals surface area contributed by atoms with Gasteiger partial charge in [0.15, 0.2) is 0 Å². The minimum atomic E-state index is -0.246. The number of aryl methyl sites for hydroxylation is 3. The fourth-order valence-corrected chi connectivity index (χ4v) is 4.10. The number of rotatable bonds is 3. The zero-order chi connectivity index (χ0) is 19.0. The smallest absolute Gasteiger partial charge is 0.336 e. The average molecular weight is 363 g/mol. The lowest BCUT2D eigenvalue weighted by Crippen LogP contribution is -3.13. The summed E-state index contributed by atoms with van der Waals surface area (Å²) in [6.45, 7) is 11.3. The number of hydrogen-bond donors (Lipinski definition) is 1. The summed E-state index contributed by atoms with van der Waals surface area (Å²) in [5.41, 5.74) is 6.49. The highest BCUT2D eigenvalue weighted by molar-refractivity contribution is 5.83. The Bertz CT molecular complexity index is 1030. The van der Waals surface area contributed by atoms with Crippen LogP contribution in [0.25, 0.3) is 11.0 Å². The van der Waals surface area contributed by atoms with Gasteiger partial charge in [-0.05, 0) is 43.5 Å². The van der Waals surface area contributed by atoms with Gasteiger partial charge in [-0.1, -0.05) is 30.3 Å². The number of quaternary nitrogens is 1. The van der Waals surface area contributed by atoms with E-state index >= 15 is 0 Å². The molecule has 27 heavy (non-hydrogen) atoms. The van der Waals surface area contributed by atoms with Gasteiger partial charge in [0.25, 0.3) is 0 Å². The van der Waals surface area contributed by atoms with E-state index in [-0.39, 0.29) is 5.63 Å². The molecule has 0 saturated carbocycles. The highest BCUT2D eigenvalue weighted by Crippen LogP contribution is 2.23. The Hall–Kier alpha value is -2.59. The largest absolute Gasteiger partial charge is 0.422 e. The standard InChI is InChI=1S/C23H26N2O2/c1-16-8-9-20-19(14-22(26)27-23(20)18(16)3)15-24-10-12-25(13-11-24)21-7-5-4-6-17(21)2/h4-9,14H,10-13,15H2,1-3H3/p+1. The number of nitrogens with one attached hydrogen (secondary N) is 1. The molecule has 0 spiro atoms. The second-order valence-electron chi connectivity index (χ2n) is 7.68. The first kappa shape index (κ1) is 17.8. The van der Waals surface area contributed by atoms with Gasteiger partial charge in [-0.15, -0.1) is 0 Å². The van der Waals surface area contributed by atoms with Crippen molar-refractivity contribution in [1.29, 1.82) is 0 Å². The van der Waals surface area contributed by atoms with Crippen LogP contribution in [-0.2, 0) is 6.54 Å². The van der Waals surface area contributed by atoms with E-state index in [9.17, 15) is 4.79 Å². The summed E-state index contributed by atoms with van der Waals surface area (Å²) in [6, 6.07) is 14.5. The van der Waals surface area contributed by atoms with Crippen LogP contribution in [0.4, 0.5) is 5.69 Å². The summed E-state index contributed by atoms with van der Waals surface area (Å²) < 4.78 is 5.52. The SMILES string of the molecule is Cc1ccccc1N1CC[NH+](Cc2cc(=O)oc3c(C)c(C)ccc23)CC1. The van der Waals surface area contributed by atoms with Crippen molar-refractivity contribution in [3.63, 3.8) is 0 Å². The molecule has 4 rings (SSSR count). The Morgan fingerprint density at radius 2 is 1.74 bits per heavy atom. The van der Waals surface area contributed by atoms with Gasteiger partial charge in [-0.25, -0.2) is 4.79 Å². The molecular weight excluding hydrogens is 336 g/mol. The fraction of sp³-hybridized carbons (Fsp3) is 0.348. The molecular formula is C23H27N2O2+. The monoisotopic (exact) mass is 363 g/mol. The van der Waals surface area contributed by atoms with Crippen molar-refractivity contribution >= 4 is 16.7 Å². The second-order valence-corrected chi connectivity index (χ2v) is 7.68. The van der Waals surface area contributed by atoms with Crippen molar-refractivity contribution in [2.75, 3.05) is 31.1 Å². The number of piperazine rings is 1. The van der Waals surface area contributed by atoms with Crippen LogP contribution in [0.1, 0.15) is 22.3 Å². The van der Waals surface area contributed by atoms with Crippen LogP contribution in [0.3, 0.4) is 0 Å². The van der Waals surface area contributed by atoms with Crippen molar-refractivity contribution in [1.82, 2.24) is 0 Å². The van der Waals surface area contributed by atoms with Crippen molar-refractivity contribution in [3.05, 3.63) is 75.1 Å². The first-order valence-electron chi connectivity index (χ1n) is 9.70. The maximum Gasteiger partial charge on any atom is 0.336 e. The van der Waals surface area contributed by atoms with Gasteiger partial charge in [-0.3, -0.25) is 0 Å². The summed E-state index contributed by atoms with van der Waals surface area (Å²) in [6.07, 6.45) is 0. The third-order valence-electron chi connectivity index (χ3n) is 5.88. The van der Waals surface area contributed by atoms with Crippen LogP contribution in [0, 0.1) is 20.8 Å². The molecule has 0 atom stereocenters. The molecule has 0 bridgehead atoms. The van der Waals surface area contributed by atoms with E-state index in [1.165, 1.54) is 16.2 Å². The molecule has 0 unspecified atom stereocenters. The van der Waals surface area contributed by atoms with Crippen LogP contribution in [0.2, 0.25) is 0 Å². The lowest BCUT2D eigenvalue weighted by molar-refractivity contribution is -0.914. The Morgan fingerprint density at radius 1 is 1.00 bits per heavy atom. The number of hydrogen-bond acceptors (Lipinski definition) is 3. The fourth-order valence-electron chi connectivity index (χ4n) is 4.10. The third-order valence-corrected chi connectivity index (χ3v) is 5.88. The van der Waals surface area contributed by atoms with Crippen molar-refractivity contribution in [3.8, 4) is 0 Å². The minimum Gasteiger partial charge on any atom is -0.422 e. The van der Waals surface area contributed by atoms with E-state index in [4.69, 9.17) is 4.42 Å². The van der Waals surface area contributed by atoms with E-state index in [0.717, 1.165) is 60.4 Å². The number of anilines is 1. The minimum absolute atomic E-state index is 0.246. The Balaban J connectivity index is 1.54.